The molecule has 0 bridgehead atoms. The van der Waals surface area contributed by atoms with E-state index in [2.05, 4.69) is 41.2 Å². The molecule has 1 saturated heterocycles. The highest BCUT2D eigenvalue weighted by molar-refractivity contribution is 7.12. The van der Waals surface area contributed by atoms with Crippen molar-refractivity contribution in [3.05, 3.63) is 64.6 Å². The number of likely N-dealkylation sites (tertiary alicyclic amines) is 1. The molecule has 1 aliphatic heterocycles. The molecule has 0 atom stereocenters. The van der Waals surface area contributed by atoms with Gasteiger partial charge in [-0.05, 0) is 48.4 Å². The summed E-state index contributed by atoms with van der Waals surface area (Å²) in [5, 5.41) is 4.43. The first-order valence-electron chi connectivity index (χ1n) is 9.07. The fourth-order valence-corrected chi connectivity index (χ4v) is 4.48. The van der Waals surface area contributed by atoms with E-state index in [4.69, 9.17) is 0 Å². The van der Waals surface area contributed by atoms with Gasteiger partial charge in [0.15, 0.2) is 0 Å². The van der Waals surface area contributed by atoms with Crippen molar-refractivity contribution < 1.29 is 4.79 Å². The highest BCUT2D eigenvalue weighted by atomic mass is 32.1. The van der Waals surface area contributed by atoms with Gasteiger partial charge in [0.05, 0.1) is 4.88 Å². The second-order valence-electron chi connectivity index (χ2n) is 6.93. The van der Waals surface area contributed by atoms with E-state index in [0.29, 0.717) is 6.04 Å². The summed E-state index contributed by atoms with van der Waals surface area (Å²) in [5.74, 6) is 0.183. The predicted molar refractivity (Wildman–Crippen MR) is 106 cm³/mol. The van der Waals surface area contributed by atoms with Gasteiger partial charge in [-0.25, -0.2) is 0 Å². The van der Waals surface area contributed by atoms with Gasteiger partial charge < -0.3 is 4.90 Å². The van der Waals surface area contributed by atoms with Crippen LogP contribution in [0.3, 0.4) is 0 Å². The van der Waals surface area contributed by atoms with Crippen molar-refractivity contribution in [3.63, 3.8) is 0 Å². The molecule has 2 aromatic heterocycles. The third kappa shape index (κ3) is 3.50. The summed E-state index contributed by atoms with van der Waals surface area (Å²) in [6, 6.07) is 12.9. The maximum atomic E-state index is 12.5. The van der Waals surface area contributed by atoms with E-state index in [0.717, 1.165) is 37.4 Å². The van der Waals surface area contributed by atoms with E-state index in [1.54, 1.807) is 0 Å². The Morgan fingerprint density at radius 1 is 1.23 bits per heavy atom. The minimum atomic E-state index is 0.183. The van der Waals surface area contributed by atoms with Crippen molar-refractivity contribution in [2.75, 3.05) is 20.1 Å². The molecular weight excluding hydrogens is 342 g/mol. The van der Waals surface area contributed by atoms with Gasteiger partial charge in [-0.15, -0.1) is 11.3 Å². The summed E-state index contributed by atoms with van der Waals surface area (Å²) in [5.41, 5.74) is 1.34. The van der Waals surface area contributed by atoms with E-state index >= 15 is 0 Å². The van der Waals surface area contributed by atoms with Crippen LogP contribution < -0.4 is 0 Å². The van der Waals surface area contributed by atoms with E-state index in [9.17, 15) is 4.79 Å². The van der Waals surface area contributed by atoms with E-state index in [1.807, 2.05) is 34.8 Å². The molecule has 1 aliphatic rings. The fourth-order valence-electron chi connectivity index (χ4n) is 3.79. The number of nitrogens with zero attached hydrogens (tertiary/aromatic N) is 3. The van der Waals surface area contributed by atoms with Crippen LogP contribution in [0.5, 0.6) is 0 Å². The number of fused-ring (bicyclic) bond motifs is 1. The van der Waals surface area contributed by atoms with Crippen LogP contribution >= 0.6 is 11.3 Å². The number of thiophene rings is 1. The number of carbonyl (C=O) groups is 1. The first kappa shape index (κ1) is 17.2. The molecule has 0 spiro atoms. The molecule has 1 aromatic carbocycles. The van der Waals surface area contributed by atoms with Crippen LogP contribution in [0.2, 0.25) is 0 Å². The molecule has 1 fully saturated rings. The van der Waals surface area contributed by atoms with Gasteiger partial charge in [-0.2, -0.15) is 0 Å². The molecule has 4 rings (SSSR count). The van der Waals surface area contributed by atoms with Crippen molar-refractivity contribution in [2.24, 2.45) is 0 Å². The van der Waals surface area contributed by atoms with Crippen LogP contribution in [0.4, 0.5) is 0 Å². The van der Waals surface area contributed by atoms with Gasteiger partial charge in [0.2, 0.25) is 0 Å². The molecule has 3 heterocycles. The molecule has 134 valence electrons. The summed E-state index contributed by atoms with van der Waals surface area (Å²) in [7, 11) is 2.20. The molecule has 0 N–H and O–H groups in total. The van der Waals surface area contributed by atoms with E-state index < -0.39 is 0 Å². The summed E-state index contributed by atoms with van der Waals surface area (Å²) in [6.07, 6.45) is 5.84. The quantitative estimate of drug-likeness (QED) is 0.700. The molecule has 5 heteroatoms. The highest BCUT2D eigenvalue weighted by Gasteiger charge is 2.26. The number of amides is 1. The zero-order chi connectivity index (χ0) is 17.9. The standard InChI is InChI=1S/C21H23N3OS/c1-23(15-17-5-2-4-16-14-22-10-7-19(16)17)18-8-11-24(12-9-18)21(25)20-6-3-13-26-20/h2-7,10,13-14,18H,8-9,11-12,15H2,1H3. The molecule has 0 saturated carbocycles. The molecule has 1 amide bonds. The molecule has 4 nitrogen and oxygen atoms in total. The van der Waals surface area contributed by atoms with Crippen LogP contribution in [0.1, 0.15) is 28.1 Å². The normalized spacial score (nSPS) is 15.7. The average molecular weight is 366 g/mol. The van der Waals surface area contributed by atoms with Crippen LogP contribution in [-0.4, -0.2) is 46.9 Å². The maximum absolute atomic E-state index is 12.5. The summed E-state index contributed by atoms with van der Waals surface area (Å²) in [6.45, 7) is 2.60. The van der Waals surface area contributed by atoms with Gasteiger partial charge in [0.25, 0.3) is 5.91 Å². The number of benzene rings is 1. The number of rotatable bonds is 4. The van der Waals surface area contributed by atoms with Gasteiger partial charge in [0.1, 0.15) is 0 Å². The first-order chi connectivity index (χ1) is 12.7. The summed E-state index contributed by atoms with van der Waals surface area (Å²) >= 11 is 1.53. The smallest absolute Gasteiger partial charge is 0.263 e. The van der Waals surface area contributed by atoms with Crippen LogP contribution in [0, 0.1) is 0 Å². The van der Waals surface area contributed by atoms with E-state index in [1.165, 1.54) is 27.7 Å². The minimum absolute atomic E-state index is 0.183. The monoisotopic (exact) mass is 365 g/mol. The van der Waals surface area contributed by atoms with Gasteiger partial charge in [-0.1, -0.05) is 24.3 Å². The molecule has 0 unspecified atom stereocenters. The third-order valence-electron chi connectivity index (χ3n) is 5.30. The number of hydrogen-bond acceptors (Lipinski definition) is 4. The SMILES string of the molecule is CN(Cc1cccc2cnccc12)C1CCN(C(=O)c2cccs2)CC1. The zero-order valence-corrected chi connectivity index (χ0v) is 15.8. The van der Waals surface area contributed by atoms with Gasteiger partial charge in [0, 0.05) is 43.5 Å². The minimum Gasteiger partial charge on any atom is -0.338 e. The second-order valence-corrected chi connectivity index (χ2v) is 7.88. The van der Waals surface area contributed by atoms with Crippen molar-refractivity contribution in [3.8, 4) is 0 Å². The van der Waals surface area contributed by atoms with Crippen LogP contribution in [-0.2, 0) is 6.54 Å². The predicted octanol–water partition coefficient (Wildman–Crippen LogP) is 4.03. The Morgan fingerprint density at radius 2 is 2.08 bits per heavy atom. The Hall–Kier alpha value is -2.24. The summed E-state index contributed by atoms with van der Waals surface area (Å²) in [4.78, 5) is 22.0. The highest BCUT2D eigenvalue weighted by Crippen LogP contribution is 2.23. The maximum Gasteiger partial charge on any atom is 0.263 e. The Bertz CT molecular complexity index is 880. The van der Waals surface area contributed by atoms with Crippen LogP contribution in [0.25, 0.3) is 10.8 Å². The number of piperidine rings is 1. The number of carbonyl (C=O) groups excluding carboxylic acids is 1. The second kappa shape index (κ2) is 7.56. The Balaban J connectivity index is 1.39. The van der Waals surface area contributed by atoms with Crippen molar-refractivity contribution in [2.45, 2.75) is 25.4 Å². The summed E-state index contributed by atoms with van der Waals surface area (Å²) < 4.78 is 0. The largest absolute Gasteiger partial charge is 0.338 e. The lowest BCUT2D eigenvalue weighted by molar-refractivity contribution is 0.0644. The third-order valence-corrected chi connectivity index (χ3v) is 6.16. The number of aromatic nitrogens is 1. The van der Waals surface area contributed by atoms with Crippen molar-refractivity contribution >= 4 is 28.0 Å². The zero-order valence-electron chi connectivity index (χ0n) is 15.0. The number of hydrogen-bond donors (Lipinski definition) is 0. The van der Waals surface area contributed by atoms with Gasteiger partial charge in [-0.3, -0.25) is 14.7 Å². The Kier molecular flexibility index (Phi) is 5.00. The first-order valence-corrected chi connectivity index (χ1v) is 9.95. The lowest BCUT2D eigenvalue weighted by atomic mass is 10.0. The molecule has 0 aliphatic carbocycles. The lowest BCUT2D eigenvalue weighted by Gasteiger charge is -2.36. The van der Waals surface area contributed by atoms with E-state index in [-0.39, 0.29) is 5.91 Å². The van der Waals surface area contributed by atoms with Crippen molar-refractivity contribution in [1.29, 1.82) is 0 Å². The van der Waals surface area contributed by atoms with Gasteiger partial charge >= 0.3 is 0 Å². The Morgan fingerprint density at radius 3 is 2.85 bits per heavy atom. The van der Waals surface area contributed by atoms with Crippen molar-refractivity contribution in [1.82, 2.24) is 14.8 Å². The Labute approximate surface area is 158 Å². The lowest BCUT2D eigenvalue weighted by Crippen LogP contribution is -2.45. The topological polar surface area (TPSA) is 36.4 Å². The average Bonchev–Trinajstić information content (AvgIpc) is 3.23. The molecule has 26 heavy (non-hydrogen) atoms. The fraction of sp³-hybridized carbons (Fsp3) is 0.333. The van der Waals surface area contributed by atoms with Crippen LogP contribution in [0.15, 0.2) is 54.2 Å². The number of pyridine rings is 1. The molecule has 0 radical (unpaired) electrons. The molecule has 3 aromatic rings. The molecular formula is C21H23N3OS.